The normalized spacial score (nSPS) is 18.5. The molecule has 1 nitrogen and oxygen atoms in total. The van der Waals surface area contributed by atoms with Crippen LogP contribution in [-0.4, -0.2) is 18.0 Å². The lowest BCUT2D eigenvalue weighted by Gasteiger charge is -2.42. The highest BCUT2D eigenvalue weighted by Crippen LogP contribution is 2.47. The van der Waals surface area contributed by atoms with Gasteiger partial charge in [0.15, 0.2) is 0 Å². The van der Waals surface area contributed by atoms with Crippen LogP contribution in [0.5, 0.6) is 0 Å². The molecule has 1 aromatic rings. The summed E-state index contributed by atoms with van der Waals surface area (Å²) in [5, 5.41) is 3.92. The first kappa shape index (κ1) is 36.9. The van der Waals surface area contributed by atoms with E-state index in [1.165, 1.54) is 87.0 Å². The summed E-state index contributed by atoms with van der Waals surface area (Å²) < 4.78 is 0. The lowest BCUT2D eigenvalue weighted by Crippen LogP contribution is -2.33. The molecule has 0 fully saturated rings. The molecule has 1 heterocycles. The highest BCUT2D eigenvalue weighted by molar-refractivity contribution is 8.05. The summed E-state index contributed by atoms with van der Waals surface area (Å²) in [6, 6.07) is 7.35. The molecule has 230 valence electrons. The fraction of sp³-hybridized carbons (Fsp3) is 0.737. The van der Waals surface area contributed by atoms with E-state index in [1.54, 1.807) is 11.1 Å². The Morgan fingerprint density at radius 1 is 0.800 bits per heavy atom. The van der Waals surface area contributed by atoms with Crippen LogP contribution in [0.4, 0.5) is 0 Å². The largest absolute Gasteiger partial charge is 0.366 e. The summed E-state index contributed by atoms with van der Waals surface area (Å²) in [4.78, 5) is 2.66. The van der Waals surface area contributed by atoms with Crippen LogP contribution < -0.4 is 0 Å². The number of allylic oxidation sites excluding steroid dienone is 2. The van der Waals surface area contributed by atoms with Gasteiger partial charge in [-0.25, -0.2) is 0 Å². The summed E-state index contributed by atoms with van der Waals surface area (Å²) >= 11 is 1.96. The SMILES string of the molecule is CC.CC.CCCC(CC)CCC(C)CCN(CCC)C1=CCC(c2ccc3c(c2)C(C)(C)CCC3(C)C)=CS1. The second-order valence-corrected chi connectivity index (χ2v) is 13.9. The van der Waals surface area contributed by atoms with Gasteiger partial charge in [-0.2, -0.15) is 0 Å². The molecule has 0 amide bonds. The molecule has 0 saturated heterocycles. The van der Waals surface area contributed by atoms with Crippen molar-refractivity contribution in [1.82, 2.24) is 4.90 Å². The zero-order valence-corrected chi connectivity index (χ0v) is 29.7. The van der Waals surface area contributed by atoms with E-state index in [9.17, 15) is 0 Å². The predicted molar refractivity (Wildman–Crippen MR) is 186 cm³/mol. The van der Waals surface area contributed by atoms with Crippen LogP contribution in [0.25, 0.3) is 5.57 Å². The van der Waals surface area contributed by atoms with E-state index >= 15 is 0 Å². The minimum Gasteiger partial charge on any atom is -0.366 e. The number of nitrogens with zero attached hydrogens (tertiary/aromatic N) is 1. The zero-order valence-electron chi connectivity index (χ0n) is 28.9. The van der Waals surface area contributed by atoms with Gasteiger partial charge in [-0.3, -0.25) is 0 Å². The van der Waals surface area contributed by atoms with Gasteiger partial charge in [0, 0.05) is 13.1 Å². The van der Waals surface area contributed by atoms with Crippen LogP contribution in [0.15, 0.2) is 34.7 Å². The first-order valence-corrected chi connectivity index (χ1v) is 17.9. The first-order valence-electron chi connectivity index (χ1n) is 17.1. The topological polar surface area (TPSA) is 3.24 Å². The Kier molecular flexibility index (Phi) is 17.0. The fourth-order valence-electron chi connectivity index (χ4n) is 6.21. The summed E-state index contributed by atoms with van der Waals surface area (Å²) in [6.07, 6.45) is 15.5. The van der Waals surface area contributed by atoms with Gasteiger partial charge in [0.1, 0.15) is 0 Å². The van der Waals surface area contributed by atoms with Gasteiger partial charge in [0.2, 0.25) is 0 Å². The van der Waals surface area contributed by atoms with Crippen LogP contribution in [0.1, 0.15) is 164 Å². The summed E-state index contributed by atoms with van der Waals surface area (Å²) in [6.45, 7) is 29.6. The maximum Gasteiger partial charge on any atom is 0.0712 e. The third kappa shape index (κ3) is 10.6. The quantitative estimate of drug-likeness (QED) is 0.232. The van der Waals surface area contributed by atoms with Gasteiger partial charge in [-0.05, 0) is 88.5 Å². The van der Waals surface area contributed by atoms with Crippen molar-refractivity contribution in [1.29, 1.82) is 0 Å². The van der Waals surface area contributed by atoms with Crippen molar-refractivity contribution >= 4 is 17.3 Å². The molecular formula is C38H67NS. The highest BCUT2D eigenvalue weighted by atomic mass is 32.2. The second kappa shape index (κ2) is 18.4. The number of rotatable bonds is 13. The Morgan fingerprint density at radius 3 is 2.00 bits per heavy atom. The Hall–Kier alpha value is -1.15. The summed E-state index contributed by atoms with van der Waals surface area (Å²) in [5.41, 5.74) is 6.60. The molecule has 0 bridgehead atoms. The van der Waals surface area contributed by atoms with Crippen molar-refractivity contribution in [2.45, 2.75) is 158 Å². The molecule has 1 aromatic carbocycles. The molecule has 3 rings (SSSR count). The van der Waals surface area contributed by atoms with Crippen LogP contribution in [-0.2, 0) is 10.8 Å². The van der Waals surface area contributed by atoms with E-state index in [0.717, 1.165) is 18.3 Å². The molecule has 2 atom stereocenters. The van der Waals surface area contributed by atoms with E-state index in [4.69, 9.17) is 0 Å². The van der Waals surface area contributed by atoms with E-state index < -0.39 is 0 Å². The van der Waals surface area contributed by atoms with Gasteiger partial charge in [-0.15, -0.1) is 0 Å². The monoisotopic (exact) mass is 569 g/mol. The fourth-order valence-corrected chi connectivity index (χ4v) is 7.21. The number of benzene rings is 1. The first-order chi connectivity index (χ1) is 19.1. The predicted octanol–water partition coefficient (Wildman–Crippen LogP) is 12.8. The van der Waals surface area contributed by atoms with Crippen molar-refractivity contribution in [3.63, 3.8) is 0 Å². The van der Waals surface area contributed by atoms with Crippen molar-refractivity contribution in [2.75, 3.05) is 13.1 Å². The second-order valence-electron chi connectivity index (χ2n) is 13.1. The van der Waals surface area contributed by atoms with Crippen LogP contribution in [0, 0.1) is 11.8 Å². The molecule has 2 unspecified atom stereocenters. The molecule has 2 heteroatoms. The zero-order chi connectivity index (χ0) is 30.3. The van der Waals surface area contributed by atoms with E-state index in [2.05, 4.69) is 90.0 Å². The molecule has 1 aliphatic carbocycles. The number of hydrogen-bond donors (Lipinski definition) is 0. The maximum atomic E-state index is 2.66. The van der Waals surface area contributed by atoms with Crippen molar-refractivity contribution in [2.24, 2.45) is 11.8 Å². The molecule has 2 aliphatic rings. The third-order valence-corrected chi connectivity index (χ3v) is 10.1. The van der Waals surface area contributed by atoms with Crippen LogP contribution in [0.2, 0.25) is 0 Å². The number of hydrogen-bond acceptors (Lipinski definition) is 2. The van der Waals surface area contributed by atoms with E-state index in [-0.39, 0.29) is 10.8 Å². The van der Waals surface area contributed by atoms with Crippen molar-refractivity contribution in [3.05, 3.63) is 51.4 Å². The van der Waals surface area contributed by atoms with Crippen LogP contribution >= 0.6 is 11.8 Å². The average Bonchev–Trinajstić information content (AvgIpc) is 2.98. The molecule has 0 radical (unpaired) electrons. The minimum absolute atomic E-state index is 0.270. The molecule has 40 heavy (non-hydrogen) atoms. The Bertz CT molecular complexity index is 906. The molecule has 0 saturated carbocycles. The van der Waals surface area contributed by atoms with E-state index in [1.807, 2.05) is 39.5 Å². The smallest absolute Gasteiger partial charge is 0.0712 e. The van der Waals surface area contributed by atoms with Gasteiger partial charge < -0.3 is 4.90 Å². The van der Waals surface area contributed by atoms with Gasteiger partial charge >= 0.3 is 0 Å². The summed E-state index contributed by atoms with van der Waals surface area (Å²) in [5.74, 6) is 1.75. The van der Waals surface area contributed by atoms with Crippen molar-refractivity contribution < 1.29 is 0 Å². The van der Waals surface area contributed by atoms with Crippen molar-refractivity contribution in [3.8, 4) is 0 Å². The van der Waals surface area contributed by atoms with Gasteiger partial charge in [-0.1, -0.05) is 145 Å². The lowest BCUT2D eigenvalue weighted by molar-refractivity contribution is 0.307. The van der Waals surface area contributed by atoms with E-state index in [0.29, 0.717) is 0 Å². The van der Waals surface area contributed by atoms with Crippen LogP contribution in [0.3, 0.4) is 0 Å². The van der Waals surface area contributed by atoms with Gasteiger partial charge in [0.05, 0.1) is 5.03 Å². The Labute approximate surface area is 256 Å². The lowest BCUT2D eigenvalue weighted by atomic mass is 9.63. The average molecular weight is 570 g/mol. The highest BCUT2D eigenvalue weighted by Gasteiger charge is 2.37. The standard InChI is InChI=1S/C34H55NS.2C2H6/c1-9-12-27(11-3)14-13-26(4)19-23-35(22-10-2)32-18-16-29(25-36-32)28-15-17-30-31(24-28)34(7,8)21-20-33(30,5)6;2*1-2/h15,17-18,24-27H,9-14,16,19-23H2,1-8H3;2*1-2H3. The van der Waals surface area contributed by atoms with Gasteiger partial charge in [0.25, 0.3) is 0 Å². The molecular weight excluding hydrogens is 502 g/mol. The molecule has 0 spiro atoms. The maximum absolute atomic E-state index is 2.66. The molecule has 0 N–H and O–H groups in total. The molecule has 1 aliphatic heterocycles. The third-order valence-electron chi connectivity index (χ3n) is 9.08. The number of thioether (sulfide) groups is 1. The Balaban J connectivity index is 0.00000191. The number of fused-ring (bicyclic) bond motifs is 1. The molecule has 0 aromatic heterocycles. The Morgan fingerprint density at radius 2 is 1.45 bits per heavy atom. The summed E-state index contributed by atoms with van der Waals surface area (Å²) in [7, 11) is 0. The minimum atomic E-state index is 0.270.